The van der Waals surface area contributed by atoms with E-state index in [0.717, 1.165) is 51.4 Å². The maximum absolute atomic E-state index is 13.9. The minimum Gasteiger partial charge on any atom is -0.496 e. The Morgan fingerprint density at radius 1 is 0.512 bits per heavy atom. The molecular weight excluding hydrogens is 581 g/mol. The van der Waals surface area contributed by atoms with Crippen molar-refractivity contribution >= 4 is 45.4 Å². The summed E-state index contributed by atoms with van der Waals surface area (Å²) in [6.07, 6.45) is -9.26. The van der Waals surface area contributed by atoms with E-state index >= 15 is 0 Å². The highest BCUT2D eigenvalue weighted by molar-refractivity contribution is 7.80. The third kappa shape index (κ3) is 5.46. The fraction of sp³-hybridized carbons (Fsp3) is 0.0857. The number of halogens is 6. The second-order valence-electron chi connectivity index (χ2n) is 9.98. The number of benzene rings is 6. The highest BCUT2D eigenvalue weighted by Gasteiger charge is 2.34. The van der Waals surface area contributed by atoms with Crippen molar-refractivity contribution in [1.29, 1.82) is 0 Å². The van der Waals surface area contributed by atoms with E-state index in [1.54, 1.807) is 19.2 Å². The number of methoxy groups -OCH3 is 1. The van der Waals surface area contributed by atoms with E-state index in [9.17, 15) is 26.3 Å². The Morgan fingerprint density at radius 2 is 1.00 bits per heavy atom. The quantitative estimate of drug-likeness (QED) is 0.141. The minimum atomic E-state index is -4.63. The Kier molecular flexibility index (Phi) is 7.39. The van der Waals surface area contributed by atoms with E-state index in [0.29, 0.717) is 16.6 Å². The van der Waals surface area contributed by atoms with Crippen molar-refractivity contribution in [3.05, 3.63) is 132 Å². The van der Waals surface area contributed by atoms with Crippen LogP contribution in [-0.4, -0.2) is 7.11 Å². The first-order chi connectivity index (χ1) is 20.6. The van der Waals surface area contributed by atoms with E-state index in [1.165, 1.54) is 12.1 Å². The molecule has 6 aromatic rings. The molecule has 6 rings (SSSR count). The minimum absolute atomic E-state index is 0.278. The van der Waals surface area contributed by atoms with Gasteiger partial charge in [0.15, 0.2) is 0 Å². The number of rotatable bonds is 5. The summed E-state index contributed by atoms with van der Waals surface area (Å²) in [6, 6.07) is 32.5. The summed E-state index contributed by atoms with van der Waals surface area (Å²) in [6.45, 7) is 0. The Morgan fingerprint density at radius 3 is 1.51 bits per heavy atom. The number of ether oxygens (including phenoxy) is 1. The third-order valence-corrected chi connectivity index (χ3v) is 9.82. The van der Waals surface area contributed by atoms with Gasteiger partial charge in [-0.25, -0.2) is 0 Å². The monoisotopic (exact) mass is 604 g/mol. The van der Waals surface area contributed by atoms with E-state index in [2.05, 4.69) is 0 Å². The topological polar surface area (TPSA) is 9.23 Å². The van der Waals surface area contributed by atoms with Gasteiger partial charge in [0.2, 0.25) is 0 Å². The van der Waals surface area contributed by atoms with Crippen LogP contribution in [0.25, 0.3) is 32.7 Å². The molecule has 8 heteroatoms. The van der Waals surface area contributed by atoms with Crippen molar-refractivity contribution in [2.45, 2.75) is 12.4 Å². The molecule has 1 nitrogen and oxygen atoms in total. The summed E-state index contributed by atoms with van der Waals surface area (Å²) >= 11 is 0. The fourth-order valence-electron chi connectivity index (χ4n) is 5.46. The van der Waals surface area contributed by atoms with Crippen LogP contribution in [0.5, 0.6) is 5.75 Å². The Bertz CT molecular complexity index is 1900. The van der Waals surface area contributed by atoms with E-state index in [4.69, 9.17) is 4.74 Å². The van der Waals surface area contributed by atoms with E-state index < -0.39 is 31.4 Å². The van der Waals surface area contributed by atoms with Crippen LogP contribution in [0.2, 0.25) is 0 Å². The molecule has 6 aromatic carbocycles. The molecule has 0 spiro atoms. The molecule has 0 heterocycles. The van der Waals surface area contributed by atoms with Crippen LogP contribution in [0.1, 0.15) is 11.1 Å². The number of fused-ring (bicyclic) bond motifs is 2. The van der Waals surface area contributed by atoms with Crippen molar-refractivity contribution in [2.75, 3.05) is 7.11 Å². The molecule has 216 valence electrons. The number of alkyl halides is 6. The molecule has 0 radical (unpaired) electrons. The van der Waals surface area contributed by atoms with Crippen LogP contribution in [0, 0.1) is 0 Å². The summed E-state index contributed by atoms with van der Waals surface area (Å²) < 4.78 is 89.4. The van der Waals surface area contributed by atoms with Gasteiger partial charge in [-0.1, -0.05) is 91.0 Å². The van der Waals surface area contributed by atoms with Gasteiger partial charge in [0.05, 0.1) is 18.2 Å². The SMILES string of the molecule is COc1ccc2ccccc2c1-c1c(P(c2cccc(C(F)(F)F)c2)c2cccc(C(F)(F)F)c2)ccc2ccccc12. The smallest absolute Gasteiger partial charge is 0.416 e. The van der Waals surface area contributed by atoms with Crippen molar-refractivity contribution in [3.63, 3.8) is 0 Å². The Labute approximate surface area is 245 Å². The molecule has 0 aliphatic rings. The van der Waals surface area contributed by atoms with Crippen LogP contribution in [0.4, 0.5) is 26.3 Å². The lowest BCUT2D eigenvalue weighted by Gasteiger charge is -2.26. The normalized spacial score (nSPS) is 12.3. The molecule has 0 unspecified atom stereocenters. The zero-order valence-electron chi connectivity index (χ0n) is 22.7. The van der Waals surface area contributed by atoms with Gasteiger partial charge in [-0.15, -0.1) is 0 Å². The predicted octanol–water partition coefficient (Wildman–Crippen LogP) is 9.46. The summed E-state index contributed by atoms with van der Waals surface area (Å²) in [7, 11) is -0.376. The molecule has 0 fully saturated rings. The van der Waals surface area contributed by atoms with Gasteiger partial charge >= 0.3 is 12.4 Å². The number of hydrogen-bond acceptors (Lipinski definition) is 1. The largest absolute Gasteiger partial charge is 0.496 e. The summed E-state index contributed by atoms with van der Waals surface area (Å²) in [4.78, 5) is 0. The lowest BCUT2D eigenvalue weighted by molar-refractivity contribution is -0.138. The standard InChI is InChI=1S/C35H23F6OP/c1-42-30-18-16-22-8-2-4-14-28(22)32(30)33-29-15-5-3-9-23(29)17-19-31(33)43(26-12-6-10-24(20-26)34(36,37)38)27-13-7-11-25(21-27)35(39,40)41/h2-21H,1H3. The first-order valence-electron chi connectivity index (χ1n) is 13.3. The molecule has 0 amide bonds. The van der Waals surface area contributed by atoms with Crippen molar-refractivity contribution in [3.8, 4) is 16.9 Å². The average Bonchev–Trinajstić information content (AvgIpc) is 3.00. The van der Waals surface area contributed by atoms with Crippen LogP contribution in [0.3, 0.4) is 0 Å². The van der Waals surface area contributed by atoms with E-state index in [-0.39, 0.29) is 10.6 Å². The molecule has 0 aromatic heterocycles. The molecule has 0 bridgehead atoms. The summed E-state index contributed by atoms with van der Waals surface area (Å²) in [5.74, 6) is 0.541. The average molecular weight is 605 g/mol. The Hall–Kier alpha value is -4.35. The molecule has 0 N–H and O–H groups in total. The maximum Gasteiger partial charge on any atom is 0.416 e. The first kappa shape index (κ1) is 28.8. The second-order valence-corrected chi connectivity index (χ2v) is 12.2. The van der Waals surface area contributed by atoms with Crippen molar-refractivity contribution < 1.29 is 31.1 Å². The van der Waals surface area contributed by atoms with Gasteiger partial charge in [-0.05, 0) is 75.7 Å². The fourth-order valence-corrected chi connectivity index (χ4v) is 8.00. The molecule has 0 aliphatic heterocycles. The lowest BCUT2D eigenvalue weighted by Crippen LogP contribution is -2.24. The van der Waals surface area contributed by atoms with Gasteiger partial charge in [-0.2, -0.15) is 26.3 Å². The highest BCUT2D eigenvalue weighted by atomic mass is 31.1. The Balaban J connectivity index is 1.76. The predicted molar refractivity (Wildman–Crippen MR) is 162 cm³/mol. The van der Waals surface area contributed by atoms with Gasteiger partial charge in [0.1, 0.15) is 5.75 Å². The molecule has 0 saturated carbocycles. The summed E-state index contributed by atoms with van der Waals surface area (Å²) in [5.41, 5.74) is -0.310. The second kappa shape index (κ2) is 11.1. The van der Waals surface area contributed by atoms with Crippen LogP contribution in [0.15, 0.2) is 121 Å². The van der Waals surface area contributed by atoms with E-state index in [1.807, 2.05) is 72.8 Å². The van der Waals surface area contributed by atoms with Crippen LogP contribution < -0.4 is 20.7 Å². The first-order valence-corrected chi connectivity index (χ1v) is 14.6. The van der Waals surface area contributed by atoms with Gasteiger partial charge in [0, 0.05) is 11.1 Å². The zero-order valence-corrected chi connectivity index (χ0v) is 23.6. The molecule has 0 aliphatic carbocycles. The lowest BCUT2D eigenvalue weighted by atomic mass is 9.93. The third-order valence-electron chi connectivity index (χ3n) is 7.37. The van der Waals surface area contributed by atoms with Crippen molar-refractivity contribution in [1.82, 2.24) is 0 Å². The molecule has 0 saturated heterocycles. The zero-order chi connectivity index (χ0) is 30.4. The summed E-state index contributed by atoms with van der Waals surface area (Å²) in [5, 5.41) is 4.62. The maximum atomic E-state index is 13.9. The molecule has 43 heavy (non-hydrogen) atoms. The van der Waals surface area contributed by atoms with Crippen molar-refractivity contribution in [2.24, 2.45) is 0 Å². The molecular formula is C35H23F6OP. The van der Waals surface area contributed by atoms with Gasteiger partial charge in [-0.3, -0.25) is 0 Å². The highest BCUT2D eigenvalue weighted by Crippen LogP contribution is 2.46. The van der Waals surface area contributed by atoms with Crippen LogP contribution >= 0.6 is 7.92 Å². The van der Waals surface area contributed by atoms with Gasteiger partial charge in [0.25, 0.3) is 0 Å². The van der Waals surface area contributed by atoms with Gasteiger partial charge < -0.3 is 4.74 Å². The van der Waals surface area contributed by atoms with Crippen LogP contribution in [-0.2, 0) is 12.4 Å². The number of hydrogen-bond donors (Lipinski definition) is 0. The molecule has 0 atom stereocenters.